The van der Waals surface area contributed by atoms with E-state index in [1.165, 1.54) is 16.8 Å². The zero-order valence-electron chi connectivity index (χ0n) is 10.2. The summed E-state index contributed by atoms with van der Waals surface area (Å²) in [6, 6.07) is 3.38. The first-order valence-corrected chi connectivity index (χ1v) is 6.01. The van der Waals surface area contributed by atoms with Crippen molar-refractivity contribution in [2.75, 3.05) is 5.32 Å². The number of hydrogen-bond donors (Lipinski definition) is 1. The Bertz CT molecular complexity index is 494. The van der Waals surface area contributed by atoms with Gasteiger partial charge < -0.3 is 5.32 Å². The van der Waals surface area contributed by atoms with Gasteiger partial charge in [-0.05, 0) is 25.0 Å². The van der Waals surface area contributed by atoms with E-state index in [9.17, 15) is 4.39 Å². The first kappa shape index (κ1) is 11.8. The molecule has 4 nitrogen and oxygen atoms in total. The molecule has 1 atom stereocenters. The van der Waals surface area contributed by atoms with Gasteiger partial charge in [-0.1, -0.05) is 20.3 Å². The number of fused-ring (bicyclic) bond motifs is 1. The predicted octanol–water partition coefficient (Wildman–Crippen LogP) is 2.86. The lowest BCUT2D eigenvalue weighted by Crippen LogP contribution is -2.18. The Morgan fingerprint density at radius 2 is 2.24 bits per heavy atom. The molecule has 0 aliphatic heterocycles. The van der Waals surface area contributed by atoms with Gasteiger partial charge in [0.15, 0.2) is 5.65 Å². The van der Waals surface area contributed by atoms with Gasteiger partial charge in [-0.3, -0.25) is 0 Å². The Morgan fingerprint density at radius 1 is 1.41 bits per heavy atom. The van der Waals surface area contributed by atoms with Gasteiger partial charge in [-0.25, -0.2) is 8.91 Å². The highest BCUT2D eigenvalue weighted by Crippen LogP contribution is 2.11. The molecule has 0 aliphatic carbocycles. The summed E-state index contributed by atoms with van der Waals surface area (Å²) < 4.78 is 14.4. The van der Waals surface area contributed by atoms with Crippen molar-refractivity contribution < 1.29 is 4.39 Å². The molecule has 0 bridgehead atoms. The minimum Gasteiger partial charge on any atom is -0.350 e. The van der Waals surface area contributed by atoms with Gasteiger partial charge >= 0.3 is 0 Å². The Kier molecular flexibility index (Phi) is 3.56. The summed E-state index contributed by atoms with van der Waals surface area (Å²) in [6.07, 6.45) is 4.56. The van der Waals surface area contributed by atoms with Crippen LogP contribution in [0.2, 0.25) is 0 Å². The topological polar surface area (TPSA) is 42.2 Å². The lowest BCUT2D eigenvalue weighted by atomic mass is 10.1. The first-order valence-electron chi connectivity index (χ1n) is 6.01. The molecular weight excluding hydrogens is 219 g/mol. The molecule has 0 saturated carbocycles. The van der Waals surface area contributed by atoms with E-state index in [0.717, 1.165) is 19.3 Å². The van der Waals surface area contributed by atoms with Crippen molar-refractivity contribution in [3.05, 3.63) is 24.1 Å². The molecule has 0 saturated heterocycles. The molecule has 0 aromatic carbocycles. The molecule has 0 fully saturated rings. The van der Waals surface area contributed by atoms with Crippen LogP contribution in [0.15, 0.2) is 18.3 Å². The number of nitrogens with one attached hydrogen (secondary N) is 1. The van der Waals surface area contributed by atoms with Crippen LogP contribution >= 0.6 is 0 Å². The lowest BCUT2D eigenvalue weighted by molar-refractivity contribution is 0.611. The SMILES string of the molecule is CCCC(CC)Nc1nc2ccc(F)cn2n1. The van der Waals surface area contributed by atoms with Crippen LogP contribution in [0, 0.1) is 5.82 Å². The summed E-state index contributed by atoms with van der Waals surface area (Å²) in [5, 5.41) is 7.47. The zero-order valence-corrected chi connectivity index (χ0v) is 10.2. The van der Waals surface area contributed by atoms with E-state index < -0.39 is 0 Å². The van der Waals surface area contributed by atoms with Crippen molar-refractivity contribution >= 4 is 11.6 Å². The van der Waals surface area contributed by atoms with Gasteiger partial charge in [-0.2, -0.15) is 4.98 Å². The summed E-state index contributed by atoms with van der Waals surface area (Å²) in [5.74, 6) is 0.255. The second-order valence-electron chi connectivity index (χ2n) is 4.12. The summed E-state index contributed by atoms with van der Waals surface area (Å²) >= 11 is 0. The number of pyridine rings is 1. The maximum Gasteiger partial charge on any atom is 0.243 e. The molecule has 1 unspecified atom stereocenters. The van der Waals surface area contributed by atoms with Crippen LogP contribution in [0.1, 0.15) is 33.1 Å². The van der Waals surface area contributed by atoms with Gasteiger partial charge in [0.05, 0.1) is 6.20 Å². The van der Waals surface area contributed by atoms with Gasteiger partial charge in [0.1, 0.15) is 5.82 Å². The normalized spacial score (nSPS) is 12.9. The third-order valence-corrected chi connectivity index (χ3v) is 2.76. The molecule has 17 heavy (non-hydrogen) atoms. The number of nitrogens with zero attached hydrogens (tertiary/aromatic N) is 3. The summed E-state index contributed by atoms with van der Waals surface area (Å²) in [4.78, 5) is 4.30. The standard InChI is InChI=1S/C12H17FN4/c1-3-5-10(4-2)14-12-15-11-7-6-9(13)8-17(11)16-12/h6-8,10H,3-5H2,1-2H3,(H,14,16). The van der Waals surface area contributed by atoms with Crippen LogP contribution in [0.4, 0.5) is 10.3 Å². The van der Waals surface area contributed by atoms with Gasteiger partial charge in [-0.15, -0.1) is 5.10 Å². The smallest absolute Gasteiger partial charge is 0.243 e. The molecule has 2 aromatic rings. The molecule has 5 heteroatoms. The molecule has 0 aliphatic rings. The second kappa shape index (κ2) is 5.12. The Balaban J connectivity index is 2.18. The Hall–Kier alpha value is -1.65. The average Bonchev–Trinajstić information content (AvgIpc) is 2.69. The van der Waals surface area contributed by atoms with Gasteiger partial charge in [0, 0.05) is 6.04 Å². The third kappa shape index (κ3) is 2.72. The predicted molar refractivity (Wildman–Crippen MR) is 65.6 cm³/mol. The molecule has 0 spiro atoms. The van der Waals surface area contributed by atoms with E-state index >= 15 is 0 Å². The fraction of sp³-hybridized carbons (Fsp3) is 0.500. The number of rotatable bonds is 5. The average molecular weight is 236 g/mol. The van der Waals surface area contributed by atoms with Crippen molar-refractivity contribution in [1.82, 2.24) is 14.6 Å². The highest BCUT2D eigenvalue weighted by atomic mass is 19.1. The Morgan fingerprint density at radius 3 is 2.94 bits per heavy atom. The van der Waals surface area contributed by atoms with Gasteiger partial charge in [0.2, 0.25) is 5.95 Å². The fourth-order valence-electron chi connectivity index (χ4n) is 1.83. The molecule has 2 rings (SSSR count). The molecule has 0 radical (unpaired) electrons. The van der Waals surface area contributed by atoms with Crippen molar-refractivity contribution in [2.45, 2.75) is 39.2 Å². The molecular formula is C12H17FN4. The van der Waals surface area contributed by atoms with Crippen LogP contribution in [0.25, 0.3) is 5.65 Å². The van der Waals surface area contributed by atoms with Crippen molar-refractivity contribution in [2.24, 2.45) is 0 Å². The molecule has 2 heterocycles. The highest BCUT2D eigenvalue weighted by molar-refractivity contribution is 5.43. The molecule has 92 valence electrons. The van der Waals surface area contributed by atoms with E-state index in [0.29, 0.717) is 17.6 Å². The Labute approximate surface area is 99.9 Å². The maximum atomic E-state index is 13.0. The fourth-order valence-corrected chi connectivity index (χ4v) is 1.83. The summed E-state index contributed by atoms with van der Waals surface area (Å²) in [7, 11) is 0. The number of hydrogen-bond acceptors (Lipinski definition) is 3. The summed E-state index contributed by atoms with van der Waals surface area (Å²) in [6.45, 7) is 4.28. The molecule has 0 amide bonds. The van der Waals surface area contributed by atoms with E-state index in [2.05, 4.69) is 29.2 Å². The monoisotopic (exact) mass is 236 g/mol. The van der Waals surface area contributed by atoms with Crippen LogP contribution in [0.3, 0.4) is 0 Å². The number of halogens is 1. The van der Waals surface area contributed by atoms with Crippen LogP contribution in [-0.2, 0) is 0 Å². The van der Waals surface area contributed by atoms with Crippen LogP contribution in [-0.4, -0.2) is 20.6 Å². The third-order valence-electron chi connectivity index (χ3n) is 2.76. The number of aromatic nitrogens is 3. The largest absolute Gasteiger partial charge is 0.350 e. The lowest BCUT2D eigenvalue weighted by Gasteiger charge is -2.13. The van der Waals surface area contributed by atoms with Crippen molar-refractivity contribution in [3.63, 3.8) is 0 Å². The molecule has 1 N–H and O–H groups in total. The zero-order chi connectivity index (χ0) is 12.3. The van der Waals surface area contributed by atoms with E-state index in [1.807, 2.05) is 0 Å². The summed E-state index contributed by atoms with van der Waals surface area (Å²) in [5.41, 5.74) is 0.653. The minimum absolute atomic E-state index is 0.311. The quantitative estimate of drug-likeness (QED) is 0.868. The van der Waals surface area contributed by atoms with Crippen LogP contribution < -0.4 is 5.32 Å². The number of anilines is 1. The molecule has 2 aromatic heterocycles. The van der Waals surface area contributed by atoms with Crippen LogP contribution in [0.5, 0.6) is 0 Å². The van der Waals surface area contributed by atoms with E-state index in [4.69, 9.17) is 0 Å². The van der Waals surface area contributed by atoms with E-state index in [1.54, 1.807) is 6.07 Å². The second-order valence-corrected chi connectivity index (χ2v) is 4.12. The van der Waals surface area contributed by atoms with Crippen molar-refractivity contribution in [3.8, 4) is 0 Å². The van der Waals surface area contributed by atoms with Gasteiger partial charge in [0.25, 0.3) is 0 Å². The maximum absolute atomic E-state index is 13.0. The first-order chi connectivity index (χ1) is 8.22. The highest BCUT2D eigenvalue weighted by Gasteiger charge is 2.09. The minimum atomic E-state index is -0.311. The van der Waals surface area contributed by atoms with E-state index in [-0.39, 0.29) is 5.82 Å². The van der Waals surface area contributed by atoms with Crippen molar-refractivity contribution in [1.29, 1.82) is 0 Å².